The van der Waals surface area contributed by atoms with Crippen LogP contribution in [0.5, 0.6) is 17.2 Å². The first-order valence-electron chi connectivity index (χ1n) is 7.24. The second kappa shape index (κ2) is 6.83. The number of aromatic hydroxyl groups is 1. The largest absolute Gasteiger partial charge is 0.508 e. The molecule has 4 nitrogen and oxygen atoms in total. The number of phenolic OH excluding ortho intramolecular Hbond substituents is 1. The molecule has 0 aliphatic heterocycles. The van der Waals surface area contributed by atoms with Gasteiger partial charge in [0.25, 0.3) is 5.91 Å². The lowest BCUT2D eigenvalue weighted by atomic mass is 10.2. The average molecular weight is 323 g/mol. The number of halogens is 1. The van der Waals surface area contributed by atoms with Crippen LogP contribution in [0.2, 0.25) is 0 Å². The van der Waals surface area contributed by atoms with Crippen LogP contribution >= 0.6 is 0 Å². The van der Waals surface area contributed by atoms with E-state index >= 15 is 0 Å². The van der Waals surface area contributed by atoms with Gasteiger partial charge in [-0.25, -0.2) is 4.39 Å². The highest BCUT2D eigenvalue weighted by molar-refractivity contribution is 6.04. The zero-order valence-corrected chi connectivity index (χ0v) is 12.6. The summed E-state index contributed by atoms with van der Waals surface area (Å²) in [6.07, 6.45) is 0. The first kappa shape index (κ1) is 15.6. The van der Waals surface area contributed by atoms with Crippen LogP contribution in [0.4, 0.5) is 10.1 Å². The highest BCUT2D eigenvalue weighted by atomic mass is 19.1. The van der Waals surface area contributed by atoms with E-state index in [0.29, 0.717) is 22.7 Å². The Morgan fingerprint density at radius 2 is 1.38 bits per heavy atom. The molecule has 1 amide bonds. The van der Waals surface area contributed by atoms with E-state index in [0.717, 1.165) is 0 Å². The van der Waals surface area contributed by atoms with Gasteiger partial charge in [0, 0.05) is 11.3 Å². The molecule has 0 radical (unpaired) electrons. The number of carbonyl (C=O) groups excluding carboxylic acids is 1. The quantitative estimate of drug-likeness (QED) is 0.739. The van der Waals surface area contributed by atoms with Gasteiger partial charge in [0.1, 0.15) is 23.1 Å². The number of phenols is 1. The molecule has 3 aromatic rings. The summed E-state index contributed by atoms with van der Waals surface area (Å²) in [6, 6.07) is 18.5. The topological polar surface area (TPSA) is 58.6 Å². The number of ether oxygens (including phenoxy) is 1. The van der Waals surface area contributed by atoms with Crippen molar-refractivity contribution in [3.63, 3.8) is 0 Å². The van der Waals surface area contributed by atoms with Crippen molar-refractivity contribution in [1.82, 2.24) is 0 Å². The molecule has 24 heavy (non-hydrogen) atoms. The van der Waals surface area contributed by atoms with Gasteiger partial charge in [-0.2, -0.15) is 0 Å². The molecule has 0 spiro atoms. The molecular weight excluding hydrogens is 309 g/mol. The van der Waals surface area contributed by atoms with E-state index in [1.54, 1.807) is 36.4 Å². The Labute approximate surface area is 138 Å². The maximum atomic E-state index is 12.9. The SMILES string of the molecule is O=C(Nc1ccc(Oc2ccc(O)cc2)cc1)c1ccc(F)cc1. The van der Waals surface area contributed by atoms with Crippen molar-refractivity contribution in [3.05, 3.63) is 84.2 Å². The average Bonchev–Trinajstić information content (AvgIpc) is 2.59. The third-order valence-corrected chi connectivity index (χ3v) is 3.29. The van der Waals surface area contributed by atoms with Crippen LogP contribution in [0, 0.1) is 5.82 Å². The summed E-state index contributed by atoms with van der Waals surface area (Å²) < 4.78 is 18.5. The number of rotatable bonds is 4. The van der Waals surface area contributed by atoms with Crippen molar-refractivity contribution in [1.29, 1.82) is 0 Å². The summed E-state index contributed by atoms with van der Waals surface area (Å²) in [7, 11) is 0. The molecule has 3 rings (SSSR count). The Bertz CT molecular complexity index is 828. The number of carbonyl (C=O) groups is 1. The minimum Gasteiger partial charge on any atom is -0.508 e. The lowest BCUT2D eigenvalue weighted by molar-refractivity contribution is 0.102. The monoisotopic (exact) mass is 323 g/mol. The highest BCUT2D eigenvalue weighted by Crippen LogP contribution is 2.24. The van der Waals surface area contributed by atoms with Crippen LogP contribution < -0.4 is 10.1 Å². The van der Waals surface area contributed by atoms with Crippen molar-refractivity contribution in [3.8, 4) is 17.2 Å². The van der Waals surface area contributed by atoms with Crippen molar-refractivity contribution in [2.24, 2.45) is 0 Å². The molecule has 0 saturated carbocycles. The van der Waals surface area contributed by atoms with Gasteiger partial charge in [0.2, 0.25) is 0 Å². The third-order valence-electron chi connectivity index (χ3n) is 3.29. The predicted octanol–water partition coefficient (Wildman–Crippen LogP) is 4.58. The summed E-state index contributed by atoms with van der Waals surface area (Å²) in [4.78, 5) is 12.0. The van der Waals surface area contributed by atoms with E-state index in [2.05, 4.69) is 5.32 Å². The third kappa shape index (κ3) is 3.89. The molecule has 0 unspecified atom stereocenters. The molecule has 2 N–H and O–H groups in total. The Balaban J connectivity index is 1.64. The van der Waals surface area contributed by atoms with Crippen LogP contribution in [0.25, 0.3) is 0 Å². The van der Waals surface area contributed by atoms with Crippen molar-refractivity contribution >= 4 is 11.6 Å². The van der Waals surface area contributed by atoms with Gasteiger partial charge in [-0.15, -0.1) is 0 Å². The zero-order chi connectivity index (χ0) is 16.9. The summed E-state index contributed by atoms with van der Waals surface area (Å²) in [6.45, 7) is 0. The molecule has 0 bridgehead atoms. The number of hydrogen-bond donors (Lipinski definition) is 2. The second-order valence-electron chi connectivity index (χ2n) is 5.08. The Hall–Kier alpha value is -3.34. The van der Waals surface area contributed by atoms with Crippen LogP contribution in [0.1, 0.15) is 10.4 Å². The van der Waals surface area contributed by atoms with Crippen LogP contribution in [-0.2, 0) is 0 Å². The molecule has 0 heterocycles. The molecule has 0 aliphatic rings. The van der Waals surface area contributed by atoms with Gasteiger partial charge in [-0.1, -0.05) is 0 Å². The van der Waals surface area contributed by atoms with Gasteiger partial charge in [-0.05, 0) is 72.8 Å². The van der Waals surface area contributed by atoms with Gasteiger partial charge >= 0.3 is 0 Å². The fourth-order valence-electron chi connectivity index (χ4n) is 2.06. The summed E-state index contributed by atoms with van der Waals surface area (Å²) >= 11 is 0. The number of hydrogen-bond acceptors (Lipinski definition) is 3. The standard InChI is InChI=1S/C19H14FNO3/c20-14-3-1-13(2-4-14)19(23)21-15-5-9-17(10-6-15)24-18-11-7-16(22)8-12-18/h1-12,22H,(H,21,23). The fraction of sp³-hybridized carbons (Fsp3) is 0. The maximum Gasteiger partial charge on any atom is 0.255 e. The number of anilines is 1. The lowest BCUT2D eigenvalue weighted by Gasteiger charge is -2.08. The number of benzene rings is 3. The van der Waals surface area contributed by atoms with Crippen molar-refractivity contribution in [2.75, 3.05) is 5.32 Å². The molecule has 0 atom stereocenters. The lowest BCUT2D eigenvalue weighted by Crippen LogP contribution is -2.11. The molecule has 0 saturated heterocycles. The maximum absolute atomic E-state index is 12.9. The van der Waals surface area contributed by atoms with E-state index in [1.807, 2.05) is 0 Å². The van der Waals surface area contributed by atoms with Gasteiger partial charge < -0.3 is 15.2 Å². The fourth-order valence-corrected chi connectivity index (χ4v) is 2.06. The van der Waals surface area contributed by atoms with Crippen molar-refractivity contribution in [2.45, 2.75) is 0 Å². The first-order chi connectivity index (χ1) is 11.6. The molecule has 0 aliphatic carbocycles. The Morgan fingerprint density at radius 1 is 0.833 bits per heavy atom. The zero-order valence-electron chi connectivity index (χ0n) is 12.6. The van der Waals surface area contributed by atoms with E-state index in [-0.39, 0.29) is 17.5 Å². The highest BCUT2D eigenvalue weighted by Gasteiger charge is 2.06. The van der Waals surface area contributed by atoms with E-state index in [4.69, 9.17) is 4.74 Å². The number of amides is 1. The van der Waals surface area contributed by atoms with E-state index in [1.165, 1.54) is 36.4 Å². The van der Waals surface area contributed by atoms with Gasteiger partial charge in [0.05, 0.1) is 0 Å². The molecule has 0 fully saturated rings. The molecule has 5 heteroatoms. The summed E-state index contributed by atoms with van der Waals surface area (Å²) in [5.74, 6) is 0.655. The Morgan fingerprint density at radius 3 is 1.96 bits per heavy atom. The Kier molecular flexibility index (Phi) is 4.43. The van der Waals surface area contributed by atoms with E-state index < -0.39 is 0 Å². The summed E-state index contributed by atoms with van der Waals surface area (Å²) in [5, 5.41) is 12.0. The van der Waals surface area contributed by atoms with Gasteiger partial charge in [-0.3, -0.25) is 4.79 Å². The van der Waals surface area contributed by atoms with Gasteiger partial charge in [0.15, 0.2) is 0 Å². The minimum absolute atomic E-state index is 0.168. The normalized spacial score (nSPS) is 10.2. The van der Waals surface area contributed by atoms with Crippen LogP contribution in [0.15, 0.2) is 72.8 Å². The van der Waals surface area contributed by atoms with Crippen molar-refractivity contribution < 1.29 is 19.0 Å². The van der Waals surface area contributed by atoms with Crippen LogP contribution in [-0.4, -0.2) is 11.0 Å². The molecule has 0 aromatic heterocycles. The number of nitrogens with one attached hydrogen (secondary N) is 1. The second-order valence-corrected chi connectivity index (χ2v) is 5.08. The molecular formula is C19H14FNO3. The van der Waals surface area contributed by atoms with E-state index in [9.17, 15) is 14.3 Å². The predicted molar refractivity (Wildman–Crippen MR) is 89.0 cm³/mol. The first-order valence-corrected chi connectivity index (χ1v) is 7.24. The molecule has 120 valence electrons. The summed E-state index contributed by atoms with van der Waals surface area (Å²) in [5.41, 5.74) is 0.975. The minimum atomic E-state index is -0.387. The molecule has 3 aromatic carbocycles. The van der Waals surface area contributed by atoms with Crippen LogP contribution in [0.3, 0.4) is 0 Å². The smallest absolute Gasteiger partial charge is 0.255 e.